The van der Waals surface area contributed by atoms with Crippen LogP contribution in [0.15, 0.2) is 0 Å². The van der Waals surface area contributed by atoms with Crippen molar-refractivity contribution in [3.05, 3.63) is 0 Å². The number of ether oxygens (including phenoxy) is 2. The zero-order valence-electron chi connectivity index (χ0n) is 8.29. The second-order valence-corrected chi connectivity index (χ2v) is 4.24. The number of hydrogen-bond donors (Lipinski definition) is 1. The van der Waals surface area contributed by atoms with Crippen LogP contribution in [-0.4, -0.2) is 32.0 Å². The molecule has 2 aliphatic rings. The van der Waals surface area contributed by atoms with Gasteiger partial charge in [0.25, 0.3) is 0 Å². The Kier molecular flexibility index (Phi) is 2.58. The highest BCUT2D eigenvalue weighted by atomic mass is 16.5. The predicted molar refractivity (Wildman–Crippen MR) is 50.5 cm³/mol. The molecule has 2 fully saturated rings. The average molecular weight is 185 g/mol. The lowest BCUT2D eigenvalue weighted by Gasteiger charge is -2.40. The second-order valence-electron chi connectivity index (χ2n) is 4.24. The van der Waals surface area contributed by atoms with Gasteiger partial charge in [0.15, 0.2) is 0 Å². The van der Waals surface area contributed by atoms with E-state index in [0.29, 0.717) is 5.92 Å². The van der Waals surface area contributed by atoms with Crippen molar-refractivity contribution < 1.29 is 9.47 Å². The van der Waals surface area contributed by atoms with E-state index in [1.807, 2.05) is 0 Å². The van der Waals surface area contributed by atoms with Gasteiger partial charge in [-0.3, -0.25) is 0 Å². The van der Waals surface area contributed by atoms with Crippen molar-refractivity contribution in [2.75, 3.05) is 20.3 Å². The largest absolute Gasteiger partial charge is 0.381 e. The van der Waals surface area contributed by atoms with Gasteiger partial charge in [0.1, 0.15) is 0 Å². The van der Waals surface area contributed by atoms with Gasteiger partial charge >= 0.3 is 0 Å². The van der Waals surface area contributed by atoms with E-state index in [1.165, 1.54) is 12.8 Å². The van der Waals surface area contributed by atoms with Crippen LogP contribution in [0, 0.1) is 5.92 Å². The molecule has 0 aromatic heterocycles. The van der Waals surface area contributed by atoms with Crippen molar-refractivity contribution in [1.82, 2.24) is 0 Å². The first kappa shape index (κ1) is 9.44. The van der Waals surface area contributed by atoms with E-state index >= 15 is 0 Å². The molecule has 0 radical (unpaired) electrons. The molecule has 3 heteroatoms. The smallest absolute Gasteiger partial charge is 0.0875 e. The minimum Gasteiger partial charge on any atom is -0.381 e. The lowest BCUT2D eigenvalue weighted by Crippen LogP contribution is -2.54. The van der Waals surface area contributed by atoms with Crippen LogP contribution in [0.25, 0.3) is 0 Å². The highest BCUT2D eigenvalue weighted by molar-refractivity contribution is 5.00. The third-order valence-electron chi connectivity index (χ3n) is 3.48. The molecule has 1 saturated carbocycles. The first-order valence-electron chi connectivity index (χ1n) is 5.17. The molecule has 1 unspecified atom stereocenters. The summed E-state index contributed by atoms with van der Waals surface area (Å²) in [4.78, 5) is 0. The first-order chi connectivity index (χ1) is 6.28. The summed E-state index contributed by atoms with van der Waals surface area (Å²) in [6.45, 7) is 1.60. The van der Waals surface area contributed by atoms with Gasteiger partial charge in [-0.15, -0.1) is 0 Å². The third kappa shape index (κ3) is 1.73. The predicted octanol–water partition coefficient (Wildman–Crippen LogP) is 0.919. The van der Waals surface area contributed by atoms with E-state index in [2.05, 4.69) is 0 Å². The van der Waals surface area contributed by atoms with Crippen LogP contribution in [0.2, 0.25) is 0 Å². The quantitative estimate of drug-likeness (QED) is 0.711. The van der Waals surface area contributed by atoms with Gasteiger partial charge in [-0.05, 0) is 18.8 Å². The summed E-state index contributed by atoms with van der Waals surface area (Å²) in [5, 5.41) is 0. The molecule has 1 heterocycles. The van der Waals surface area contributed by atoms with E-state index in [0.717, 1.165) is 26.1 Å². The van der Waals surface area contributed by atoms with E-state index in [-0.39, 0.29) is 11.6 Å². The van der Waals surface area contributed by atoms with Crippen LogP contribution in [0.3, 0.4) is 0 Å². The maximum Gasteiger partial charge on any atom is 0.0875 e. The summed E-state index contributed by atoms with van der Waals surface area (Å²) in [6, 6.07) is 0.224. The normalized spacial score (nSPS) is 30.0. The molecule has 1 aliphatic carbocycles. The number of rotatable bonds is 3. The Hall–Kier alpha value is -0.120. The number of methoxy groups -OCH3 is 1. The highest BCUT2D eigenvalue weighted by Crippen LogP contribution is 2.40. The fourth-order valence-corrected chi connectivity index (χ4v) is 2.28. The van der Waals surface area contributed by atoms with Gasteiger partial charge in [-0.2, -0.15) is 0 Å². The van der Waals surface area contributed by atoms with Gasteiger partial charge in [-0.25, -0.2) is 0 Å². The third-order valence-corrected chi connectivity index (χ3v) is 3.48. The SMILES string of the molecule is COC1(C(N)C2CC2)CCOCC1. The van der Waals surface area contributed by atoms with Gasteiger partial charge < -0.3 is 15.2 Å². The molecule has 0 aromatic carbocycles. The molecule has 0 amide bonds. The molecule has 0 spiro atoms. The Morgan fingerprint density at radius 2 is 2.00 bits per heavy atom. The minimum absolute atomic E-state index is 0.0839. The Bertz CT molecular complexity index is 174. The number of hydrogen-bond acceptors (Lipinski definition) is 3. The fourth-order valence-electron chi connectivity index (χ4n) is 2.28. The maximum absolute atomic E-state index is 6.22. The Morgan fingerprint density at radius 3 is 2.46 bits per heavy atom. The van der Waals surface area contributed by atoms with Crippen LogP contribution in [0.5, 0.6) is 0 Å². The summed E-state index contributed by atoms with van der Waals surface area (Å²) in [6.07, 6.45) is 4.49. The summed E-state index contributed by atoms with van der Waals surface area (Å²) >= 11 is 0. The van der Waals surface area contributed by atoms with Gasteiger partial charge in [0, 0.05) is 39.2 Å². The average Bonchev–Trinajstić information content (AvgIpc) is 3.01. The fraction of sp³-hybridized carbons (Fsp3) is 1.00. The monoisotopic (exact) mass is 185 g/mol. The molecule has 1 saturated heterocycles. The van der Waals surface area contributed by atoms with E-state index in [1.54, 1.807) is 7.11 Å². The van der Waals surface area contributed by atoms with Crippen molar-refractivity contribution in [3.63, 3.8) is 0 Å². The Balaban J connectivity index is 2.02. The van der Waals surface area contributed by atoms with Crippen molar-refractivity contribution in [2.24, 2.45) is 11.7 Å². The molecular formula is C10H19NO2. The van der Waals surface area contributed by atoms with E-state index in [9.17, 15) is 0 Å². The number of nitrogens with two attached hydrogens (primary N) is 1. The van der Waals surface area contributed by atoms with E-state index < -0.39 is 0 Å². The van der Waals surface area contributed by atoms with Crippen molar-refractivity contribution >= 4 is 0 Å². The molecule has 2 N–H and O–H groups in total. The van der Waals surface area contributed by atoms with Crippen molar-refractivity contribution in [2.45, 2.75) is 37.3 Å². The van der Waals surface area contributed by atoms with Gasteiger partial charge in [0.2, 0.25) is 0 Å². The van der Waals surface area contributed by atoms with Crippen molar-refractivity contribution in [1.29, 1.82) is 0 Å². The molecular weight excluding hydrogens is 166 g/mol. The van der Waals surface area contributed by atoms with Crippen LogP contribution in [-0.2, 0) is 9.47 Å². The molecule has 1 atom stereocenters. The van der Waals surface area contributed by atoms with Crippen molar-refractivity contribution in [3.8, 4) is 0 Å². The standard InChI is InChI=1S/C10H19NO2/c1-12-10(4-6-13-7-5-10)9(11)8-2-3-8/h8-9H,2-7,11H2,1H3. The zero-order chi connectivity index (χ0) is 9.31. The summed E-state index contributed by atoms with van der Waals surface area (Å²) < 4.78 is 11.0. The second kappa shape index (κ2) is 3.56. The molecule has 2 rings (SSSR count). The maximum atomic E-state index is 6.22. The summed E-state index contributed by atoms with van der Waals surface area (Å²) in [5.41, 5.74) is 6.13. The minimum atomic E-state index is -0.0839. The van der Waals surface area contributed by atoms with E-state index in [4.69, 9.17) is 15.2 Å². The lowest BCUT2D eigenvalue weighted by atomic mass is 9.84. The molecule has 0 bridgehead atoms. The van der Waals surface area contributed by atoms with Gasteiger partial charge in [-0.1, -0.05) is 0 Å². The summed E-state index contributed by atoms with van der Waals surface area (Å²) in [7, 11) is 1.79. The van der Waals surface area contributed by atoms with Crippen LogP contribution >= 0.6 is 0 Å². The zero-order valence-corrected chi connectivity index (χ0v) is 8.29. The van der Waals surface area contributed by atoms with Crippen LogP contribution in [0.4, 0.5) is 0 Å². The van der Waals surface area contributed by atoms with Crippen LogP contribution in [0.1, 0.15) is 25.7 Å². The topological polar surface area (TPSA) is 44.5 Å². The molecule has 3 nitrogen and oxygen atoms in total. The molecule has 1 aliphatic heterocycles. The highest BCUT2D eigenvalue weighted by Gasteiger charge is 2.45. The van der Waals surface area contributed by atoms with Gasteiger partial charge in [0.05, 0.1) is 5.60 Å². The molecule has 76 valence electrons. The lowest BCUT2D eigenvalue weighted by molar-refractivity contribution is -0.107. The Morgan fingerprint density at radius 1 is 1.38 bits per heavy atom. The first-order valence-corrected chi connectivity index (χ1v) is 5.17. The Labute approximate surface area is 79.6 Å². The molecule has 13 heavy (non-hydrogen) atoms. The molecule has 0 aromatic rings. The van der Waals surface area contributed by atoms with Crippen LogP contribution < -0.4 is 5.73 Å². The summed E-state index contributed by atoms with van der Waals surface area (Å²) in [5.74, 6) is 0.707.